The van der Waals surface area contributed by atoms with Crippen LogP contribution in [0, 0.1) is 0 Å². The van der Waals surface area contributed by atoms with Crippen molar-refractivity contribution in [3.63, 3.8) is 0 Å². The van der Waals surface area contributed by atoms with Gasteiger partial charge >= 0.3 is 0 Å². The molecule has 0 spiro atoms. The lowest BCUT2D eigenvalue weighted by atomic mass is 9.86. The molecule has 1 aliphatic heterocycles. The number of carbonyl (C=O) groups excluding carboxylic acids is 2. The van der Waals surface area contributed by atoms with E-state index in [0.717, 1.165) is 5.56 Å². The van der Waals surface area contributed by atoms with E-state index in [9.17, 15) is 14.7 Å². The smallest absolute Gasteiger partial charge is 0.254 e. The van der Waals surface area contributed by atoms with Crippen LogP contribution in [-0.4, -0.2) is 50.8 Å². The Labute approximate surface area is 157 Å². The predicted octanol–water partition coefficient (Wildman–Crippen LogP) is 1.30. The number of hydrogen-bond donors (Lipinski definition) is 3. The Morgan fingerprint density at radius 1 is 1.15 bits per heavy atom. The molecule has 27 heavy (non-hydrogen) atoms. The lowest BCUT2D eigenvalue weighted by molar-refractivity contribution is 0.0947. The molecule has 2 amide bonds. The number of carbonyl (C=O) groups is 2. The van der Waals surface area contributed by atoms with Crippen LogP contribution in [0.5, 0.6) is 11.5 Å². The van der Waals surface area contributed by atoms with Crippen molar-refractivity contribution in [1.29, 1.82) is 0 Å². The summed E-state index contributed by atoms with van der Waals surface area (Å²) in [7, 11) is 4.62. The molecule has 0 fully saturated rings. The summed E-state index contributed by atoms with van der Waals surface area (Å²) in [6.07, 6.45) is -0.574. The quantitative estimate of drug-likeness (QED) is 0.737. The van der Waals surface area contributed by atoms with Crippen molar-refractivity contribution in [3.05, 3.63) is 58.7 Å². The number of fused-ring (bicyclic) bond motifs is 1. The van der Waals surface area contributed by atoms with Crippen molar-refractivity contribution < 1.29 is 24.2 Å². The van der Waals surface area contributed by atoms with Gasteiger partial charge in [-0.25, -0.2) is 0 Å². The first-order valence-electron chi connectivity index (χ1n) is 8.57. The number of benzene rings is 2. The largest absolute Gasteiger partial charge is 0.497 e. The minimum atomic E-state index is -0.574. The predicted molar refractivity (Wildman–Crippen MR) is 99.6 cm³/mol. The molecule has 2 atom stereocenters. The summed E-state index contributed by atoms with van der Waals surface area (Å²) in [5.41, 5.74) is 2.16. The topological polar surface area (TPSA) is 96.9 Å². The number of hydrogen-bond acceptors (Lipinski definition) is 5. The van der Waals surface area contributed by atoms with Crippen LogP contribution in [0.25, 0.3) is 0 Å². The average Bonchev–Trinajstić information content (AvgIpc) is 3.10. The van der Waals surface area contributed by atoms with Gasteiger partial charge < -0.3 is 25.2 Å². The number of aliphatic hydroxyl groups is 1. The van der Waals surface area contributed by atoms with Gasteiger partial charge in [0.25, 0.3) is 11.8 Å². The van der Waals surface area contributed by atoms with E-state index in [4.69, 9.17) is 9.47 Å². The minimum absolute atomic E-state index is 0.237. The molecule has 0 bridgehead atoms. The van der Waals surface area contributed by atoms with E-state index in [1.165, 1.54) is 20.2 Å². The number of aliphatic hydroxyl groups excluding tert-OH is 1. The third-order valence-electron chi connectivity index (χ3n) is 4.69. The fraction of sp³-hybridized carbons (Fsp3) is 0.300. The highest BCUT2D eigenvalue weighted by molar-refractivity contribution is 6.02. The SMILES string of the molecule is CNC(=O)c1cc(C(=O)NC)c2c(c1)C(c1cccc(OC)c1)C(CO)O2. The summed E-state index contributed by atoms with van der Waals surface area (Å²) in [4.78, 5) is 24.6. The van der Waals surface area contributed by atoms with Gasteiger partial charge in [-0.15, -0.1) is 0 Å². The van der Waals surface area contributed by atoms with Crippen LogP contribution in [0.4, 0.5) is 0 Å². The van der Waals surface area contributed by atoms with Gasteiger partial charge in [0.2, 0.25) is 0 Å². The first-order chi connectivity index (χ1) is 13.0. The summed E-state index contributed by atoms with van der Waals surface area (Å²) >= 11 is 0. The molecular formula is C20H22N2O5. The van der Waals surface area contributed by atoms with Crippen LogP contribution >= 0.6 is 0 Å². The van der Waals surface area contributed by atoms with Crippen molar-refractivity contribution >= 4 is 11.8 Å². The van der Waals surface area contributed by atoms with Gasteiger partial charge in [-0.05, 0) is 29.8 Å². The van der Waals surface area contributed by atoms with Gasteiger partial charge in [-0.2, -0.15) is 0 Å². The van der Waals surface area contributed by atoms with Gasteiger partial charge in [0.15, 0.2) is 0 Å². The third-order valence-corrected chi connectivity index (χ3v) is 4.69. The molecule has 0 saturated carbocycles. The molecule has 7 heteroatoms. The van der Waals surface area contributed by atoms with Crippen molar-refractivity contribution in [1.82, 2.24) is 10.6 Å². The second-order valence-corrected chi connectivity index (χ2v) is 6.19. The standard InChI is InChI=1S/C20H22N2O5/c1-21-19(24)12-8-14-17(11-5-4-6-13(7-11)26-3)16(10-23)27-18(14)15(9-12)20(25)22-2/h4-9,16-17,23H,10H2,1-3H3,(H,21,24)(H,22,25). The molecule has 0 saturated heterocycles. The Morgan fingerprint density at radius 2 is 1.89 bits per heavy atom. The zero-order valence-corrected chi connectivity index (χ0v) is 15.4. The molecule has 0 aliphatic carbocycles. The maximum Gasteiger partial charge on any atom is 0.254 e. The summed E-state index contributed by atoms with van der Waals surface area (Å²) in [6.45, 7) is -0.237. The van der Waals surface area contributed by atoms with E-state index in [0.29, 0.717) is 22.6 Å². The van der Waals surface area contributed by atoms with E-state index in [-0.39, 0.29) is 29.9 Å². The van der Waals surface area contributed by atoms with Crippen LogP contribution < -0.4 is 20.1 Å². The number of rotatable bonds is 5. The number of ether oxygens (including phenoxy) is 2. The molecule has 1 aliphatic rings. The van der Waals surface area contributed by atoms with Gasteiger partial charge in [0.05, 0.1) is 25.2 Å². The summed E-state index contributed by atoms with van der Waals surface area (Å²) in [6, 6.07) is 10.6. The Balaban J connectivity index is 2.21. The fourth-order valence-electron chi connectivity index (χ4n) is 3.38. The van der Waals surface area contributed by atoms with E-state index in [1.54, 1.807) is 13.2 Å². The van der Waals surface area contributed by atoms with Gasteiger partial charge in [0, 0.05) is 25.2 Å². The molecule has 1 heterocycles. The van der Waals surface area contributed by atoms with E-state index in [1.807, 2.05) is 24.3 Å². The normalized spacial score (nSPS) is 17.6. The molecule has 142 valence electrons. The third kappa shape index (κ3) is 3.33. The van der Waals surface area contributed by atoms with Crippen molar-refractivity contribution in [2.45, 2.75) is 12.0 Å². The lowest BCUT2D eigenvalue weighted by Crippen LogP contribution is -2.24. The van der Waals surface area contributed by atoms with Gasteiger partial charge in [-0.3, -0.25) is 9.59 Å². The molecule has 0 radical (unpaired) electrons. The number of nitrogens with one attached hydrogen (secondary N) is 2. The highest BCUT2D eigenvalue weighted by Gasteiger charge is 2.38. The number of amides is 2. The molecule has 2 aromatic rings. The maximum atomic E-state index is 12.4. The highest BCUT2D eigenvalue weighted by Crippen LogP contribution is 2.45. The van der Waals surface area contributed by atoms with Crippen molar-refractivity contribution in [3.8, 4) is 11.5 Å². The summed E-state index contributed by atoms with van der Waals surface area (Å²) in [5, 5.41) is 15.0. The Kier molecular flexibility index (Phi) is 5.32. The van der Waals surface area contributed by atoms with Crippen LogP contribution in [0.1, 0.15) is 37.8 Å². The molecule has 7 nitrogen and oxygen atoms in total. The Morgan fingerprint density at radius 3 is 2.52 bits per heavy atom. The molecule has 0 aromatic heterocycles. The molecule has 3 N–H and O–H groups in total. The monoisotopic (exact) mass is 370 g/mol. The van der Waals surface area contributed by atoms with Crippen molar-refractivity contribution in [2.75, 3.05) is 27.8 Å². The second kappa shape index (κ2) is 7.67. The molecule has 2 unspecified atom stereocenters. The number of methoxy groups -OCH3 is 1. The maximum absolute atomic E-state index is 12.4. The van der Waals surface area contributed by atoms with E-state index < -0.39 is 6.10 Å². The second-order valence-electron chi connectivity index (χ2n) is 6.19. The Hall–Kier alpha value is -3.06. The first-order valence-corrected chi connectivity index (χ1v) is 8.57. The van der Waals surface area contributed by atoms with Crippen LogP contribution in [-0.2, 0) is 0 Å². The average molecular weight is 370 g/mol. The molecular weight excluding hydrogens is 348 g/mol. The Bertz CT molecular complexity index is 881. The molecule has 2 aromatic carbocycles. The highest BCUT2D eigenvalue weighted by atomic mass is 16.5. The summed E-state index contributed by atoms with van der Waals surface area (Å²) in [5.74, 6) is 0.0494. The minimum Gasteiger partial charge on any atom is -0.497 e. The van der Waals surface area contributed by atoms with Crippen LogP contribution in [0.3, 0.4) is 0 Å². The summed E-state index contributed by atoms with van der Waals surface area (Å²) < 4.78 is 11.2. The lowest BCUT2D eigenvalue weighted by Gasteiger charge is -2.18. The van der Waals surface area contributed by atoms with E-state index >= 15 is 0 Å². The zero-order valence-electron chi connectivity index (χ0n) is 15.4. The first kappa shape index (κ1) is 18.7. The van der Waals surface area contributed by atoms with Crippen molar-refractivity contribution in [2.24, 2.45) is 0 Å². The van der Waals surface area contributed by atoms with Gasteiger partial charge in [-0.1, -0.05) is 12.1 Å². The van der Waals surface area contributed by atoms with Crippen LogP contribution in [0.2, 0.25) is 0 Å². The fourth-order valence-corrected chi connectivity index (χ4v) is 3.38. The van der Waals surface area contributed by atoms with Crippen LogP contribution in [0.15, 0.2) is 36.4 Å². The molecule has 3 rings (SSSR count). The van der Waals surface area contributed by atoms with E-state index in [2.05, 4.69) is 10.6 Å². The zero-order chi connectivity index (χ0) is 19.6. The van der Waals surface area contributed by atoms with Gasteiger partial charge in [0.1, 0.15) is 17.6 Å².